The highest BCUT2D eigenvalue weighted by Gasteiger charge is 2.13. The number of nitro groups is 1. The fraction of sp³-hybridized carbons (Fsp3) is 0.200. The maximum atomic E-state index is 11.2. The van der Waals surface area contributed by atoms with E-state index in [1.807, 2.05) is 23.1 Å². The average molecular weight is 365 g/mol. The zero-order valence-corrected chi connectivity index (χ0v) is 14.7. The van der Waals surface area contributed by atoms with Gasteiger partial charge in [0.15, 0.2) is 0 Å². The van der Waals surface area contributed by atoms with Crippen LogP contribution >= 0.6 is 0 Å². The average Bonchev–Trinajstić information content (AvgIpc) is 2.72. The molecule has 0 heterocycles. The molecule has 7 heteroatoms. The van der Waals surface area contributed by atoms with Crippen LogP contribution in [0.4, 0.5) is 22.7 Å². The van der Waals surface area contributed by atoms with Gasteiger partial charge in [0.2, 0.25) is 0 Å². The van der Waals surface area contributed by atoms with Crippen LogP contribution in [0.3, 0.4) is 0 Å². The van der Waals surface area contributed by atoms with E-state index in [4.69, 9.17) is 6.48 Å². The molecule has 0 unspecified atom stereocenters. The SMILES string of the molecule is [2H]CCN(CCO)c1ccc(N=Nc2ccc([N+](=O)[O-])c3ccccc23)cc1. The molecule has 138 valence electrons. The molecular weight excluding hydrogens is 344 g/mol. The maximum absolute atomic E-state index is 11.2. The van der Waals surface area contributed by atoms with Gasteiger partial charge in [0.1, 0.15) is 0 Å². The van der Waals surface area contributed by atoms with Crippen molar-refractivity contribution in [1.82, 2.24) is 0 Å². The van der Waals surface area contributed by atoms with E-state index < -0.39 is 4.92 Å². The van der Waals surface area contributed by atoms with Gasteiger partial charge in [-0.3, -0.25) is 10.1 Å². The number of hydrogen-bond donors (Lipinski definition) is 1. The number of nitro benzene ring substituents is 1. The lowest BCUT2D eigenvalue weighted by Crippen LogP contribution is -2.25. The molecule has 0 atom stereocenters. The van der Waals surface area contributed by atoms with Gasteiger partial charge in [-0.2, -0.15) is 5.11 Å². The Hall–Kier alpha value is -3.32. The molecule has 0 fully saturated rings. The molecule has 0 spiro atoms. The van der Waals surface area contributed by atoms with E-state index in [1.54, 1.807) is 36.4 Å². The number of non-ortho nitro benzene ring substituents is 1. The lowest BCUT2D eigenvalue weighted by atomic mass is 10.1. The Bertz CT molecular complexity index is 986. The monoisotopic (exact) mass is 365 g/mol. The van der Waals surface area contributed by atoms with Crippen LogP contribution in [0.25, 0.3) is 10.8 Å². The van der Waals surface area contributed by atoms with Gasteiger partial charge in [0.25, 0.3) is 5.69 Å². The molecule has 3 aromatic carbocycles. The van der Waals surface area contributed by atoms with E-state index in [-0.39, 0.29) is 19.2 Å². The number of azo groups is 1. The molecule has 0 aromatic heterocycles. The Morgan fingerprint density at radius 2 is 1.81 bits per heavy atom. The largest absolute Gasteiger partial charge is 0.395 e. The Morgan fingerprint density at radius 3 is 2.48 bits per heavy atom. The van der Waals surface area contributed by atoms with E-state index in [2.05, 4.69) is 10.2 Å². The first kappa shape index (κ1) is 17.1. The Labute approximate surface area is 158 Å². The second-order valence-corrected chi connectivity index (χ2v) is 5.83. The van der Waals surface area contributed by atoms with Gasteiger partial charge in [-0.05, 0) is 43.3 Å². The van der Waals surface area contributed by atoms with Crippen LogP contribution in [-0.2, 0) is 0 Å². The van der Waals surface area contributed by atoms with Crippen LogP contribution in [0, 0.1) is 10.1 Å². The summed E-state index contributed by atoms with van der Waals surface area (Å²) in [5, 5.41) is 30.1. The van der Waals surface area contributed by atoms with Crippen LogP contribution in [0.15, 0.2) is 70.9 Å². The molecule has 0 saturated carbocycles. The summed E-state index contributed by atoms with van der Waals surface area (Å²) in [4.78, 5) is 12.7. The minimum Gasteiger partial charge on any atom is -0.395 e. The molecule has 1 N–H and O–H groups in total. The van der Waals surface area contributed by atoms with Gasteiger partial charge in [0, 0.05) is 31.6 Å². The summed E-state index contributed by atoms with van der Waals surface area (Å²) in [6, 6.07) is 17.4. The summed E-state index contributed by atoms with van der Waals surface area (Å²) >= 11 is 0. The zero-order valence-electron chi connectivity index (χ0n) is 15.7. The quantitative estimate of drug-likeness (QED) is 0.363. The Kier molecular flexibility index (Phi) is 5.31. The van der Waals surface area contributed by atoms with E-state index in [0.717, 1.165) is 5.69 Å². The Balaban J connectivity index is 1.86. The third kappa shape index (κ3) is 4.09. The van der Waals surface area contributed by atoms with Crippen molar-refractivity contribution in [2.75, 3.05) is 24.6 Å². The lowest BCUT2D eigenvalue weighted by molar-refractivity contribution is -0.383. The fourth-order valence-corrected chi connectivity index (χ4v) is 2.85. The molecule has 0 aliphatic carbocycles. The normalized spacial score (nSPS) is 11.7. The molecule has 0 amide bonds. The predicted molar refractivity (Wildman–Crippen MR) is 106 cm³/mol. The number of fused-ring (bicyclic) bond motifs is 1. The highest BCUT2D eigenvalue weighted by molar-refractivity contribution is 5.98. The molecule has 27 heavy (non-hydrogen) atoms. The van der Waals surface area contributed by atoms with Gasteiger partial charge in [0.05, 0.1) is 28.3 Å². The highest BCUT2D eigenvalue weighted by atomic mass is 16.6. The molecule has 0 aliphatic rings. The maximum Gasteiger partial charge on any atom is 0.277 e. The summed E-state index contributed by atoms with van der Waals surface area (Å²) < 4.78 is 7.37. The van der Waals surface area contributed by atoms with Crippen molar-refractivity contribution < 1.29 is 11.4 Å². The molecule has 0 bridgehead atoms. The van der Waals surface area contributed by atoms with Crippen molar-refractivity contribution in [3.8, 4) is 0 Å². The summed E-state index contributed by atoms with van der Waals surface area (Å²) in [5.74, 6) is 0. The van der Waals surface area contributed by atoms with Crippen molar-refractivity contribution in [1.29, 1.82) is 0 Å². The Morgan fingerprint density at radius 1 is 1.07 bits per heavy atom. The first-order valence-corrected chi connectivity index (χ1v) is 8.47. The number of hydrogen-bond acceptors (Lipinski definition) is 6. The second-order valence-electron chi connectivity index (χ2n) is 5.83. The van der Waals surface area contributed by atoms with Crippen molar-refractivity contribution in [2.45, 2.75) is 6.90 Å². The van der Waals surface area contributed by atoms with Crippen LogP contribution in [0.2, 0.25) is 0 Å². The van der Waals surface area contributed by atoms with Gasteiger partial charge in [-0.15, -0.1) is 5.11 Å². The van der Waals surface area contributed by atoms with Crippen molar-refractivity contribution in [3.63, 3.8) is 0 Å². The number of aliphatic hydroxyl groups excluding tert-OH is 1. The van der Waals surface area contributed by atoms with Crippen LogP contribution in [0.5, 0.6) is 0 Å². The zero-order chi connectivity index (χ0) is 19.9. The second kappa shape index (κ2) is 8.37. The molecule has 3 aromatic rings. The van der Waals surface area contributed by atoms with Gasteiger partial charge in [-0.25, -0.2) is 0 Å². The van der Waals surface area contributed by atoms with Crippen LogP contribution in [-0.4, -0.2) is 29.7 Å². The van der Waals surface area contributed by atoms with Gasteiger partial charge < -0.3 is 10.0 Å². The summed E-state index contributed by atoms with van der Waals surface area (Å²) in [6.45, 7) is 1.27. The van der Waals surface area contributed by atoms with E-state index in [1.165, 1.54) is 6.07 Å². The summed E-state index contributed by atoms with van der Waals surface area (Å²) in [6.07, 6.45) is 0. The van der Waals surface area contributed by atoms with Crippen molar-refractivity contribution >= 4 is 33.5 Å². The summed E-state index contributed by atoms with van der Waals surface area (Å²) in [7, 11) is 0. The number of nitrogens with zero attached hydrogens (tertiary/aromatic N) is 4. The van der Waals surface area contributed by atoms with E-state index in [9.17, 15) is 10.1 Å². The van der Waals surface area contributed by atoms with E-state index in [0.29, 0.717) is 35.2 Å². The van der Waals surface area contributed by atoms with E-state index >= 15 is 0 Å². The topological polar surface area (TPSA) is 91.3 Å². The minimum atomic E-state index is -0.406. The number of anilines is 1. The first-order chi connectivity index (χ1) is 13.6. The lowest BCUT2D eigenvalue weighted by Gasteiger charge is -2.21. The molecule has 7 nitrogen and oxygen atoms in total. The van der Waals surface area contributed by atoms with Crippen molar-refractivity contribution in [2.24, 2.45) is 10.2 Å². The molecule has 0 radical (unpaired) electrons. The third-order valence-electron chi connectivity index (χ3n) is 4.20. The third-order valence-corrected chi connectivity index (χ3v) is 4.20. The summed E-state index contributed by atoms with van der Waals surface area (Å²) in [5.41, 5.74) is 2.14. The van der Waals surface area contributed by atoms with Crippen molar-refractivity contribution in [3.05, 3.63) is 70.8 Å². The first-order valence-electron chi connectivity index (χ1n) is 9.17. The molecule has 0 saturated heterocycles. The number of aliphatic hydroxyl groups is 1. The molecule has 3 rings (SSSR count). The minimum absolute atomic E-state index is 0.0225. The fourth-order valence-electron chi connectivity index (χ4n) is 2.85. The smallest absolute Gasteiger partial charge is 0.277 e. The molecule has 0 aliphatic heterocycles. The van der Waals surface area contributed by atoms with Crippen LogP contribution < -0.4 is 4.90 Å². The predicted octanol–water partition coefficient (Wildman–Crippen LogP) is 4.98. The number of rotatable bonds is 7. The number of likely N-dealkylation sites (N-methyl/N-ethyl adjacent to an activating group) is 1. The van der Waals surface area contributed by atoms with Gasteiger partial charge in [-0.1, -0.05) is 18.2 Å². The van der Waals surface area contributed by atoms with Crippen LogP contribution in [0.1, 0.15) is 8.27 Å². The number of benzene rings is 3. The molecular formula is C20H20N4O3. The highest BCUT2D eigenvalue weighted by Crippen LogP contribution is 2.34. The standard InChI is InChI=1S/C20H20N4O3/c1-2-23(13-14-25)16-9-7-15(8-10-16)21-22-19-11-12-20(24(26)27)18-6-4-3-5-17(18)19/h3-12,25H,2,13-14H2,1H3/i1D. The van der Waals surface area contributed by atoms with Gasteiger partial charge >= 0.3 is 0 Å².